The summed E-state index contributed by atoms with van der Waals surface area (Å²) in [6, 6.07) is 17.3. The van der Waals surface area contributed by atoms with Gasteiger partial charge in [0.25, 0.3) is 0 Å². The van der Waals surface area contributed by atoms with Gasteiger partial charge in [-0.15, -0.1) is 0 Å². The Labute approximate surface area is 146 Å². The molecule has 1 amide bonds. The number of carbonyl (C=O) groups is 1. The van der Waals surface area contributed by atoms with Gasteiger partial charge >= 0.3 is 0 Å². The van der Waals surface area contributed by atoms with Gasteiger partial charge in [-0.2, -0.15) is 0 Å². The van der Waals surface area contributed by atoms with E-state index in [9.17, 15) is 4.79 Å². The third-order valence-electron chi connectivity index (χ3n) is 3.78. The summed E-state index contributed by atoms with van der Waals surface area (Å²) < 4.78 is 0. The lowest BCUT2D eigenvalue weighted by molar-refractivity contribution is -0.125. The monoisotopic (exact) mass is 336 g/mol. The molecule has 2 aromatic carbocycles. The minimum atomic E-state index is -0.0575. The van der Waals surface area contributed by atoms with E-state index in [4.69, 9.17) is 11.6 Å². The van der Waals surface area contributed by atoms with E-state index in [0.717, 1.165) is 22.0 Å². The molecule has 1 heterocycles. The van der Waals surface area contributed by atoms with Gasteiger partial charge in [-0.1, -0.05) is 48.0 Å². The first-order valence-electron chi connectivity index (χ1n) is 7.65. The largest absolute Gasteiger partial charge is 0.338 e. The first-order valence-corrected chi connectivity index (χ1v) is 8.02. The Bertz CT molecular complexity index is 882. The van der Waals surface area contributed by atoms with E-state index in [1.807, 2.05) is 60.7 Å². The molecule has 0 spiro atoms. The van der Waals surface area contributed by atoms with Crippen LogP contribution in [0.4, 0.5) is 0 Å². The highest BCUT2D eigenvalue weighted by Gasteiger charge is 2.06. The highest BCUT2D eigenvalue weighted by Crippen LogP contribution is 2.17. The van der Waals surface area contributed by atoms with Crippen molar-refractivity contribution in [2.75, 3.05) is 7.05 Å². The molecule has 0 N–H and O–H groups in total. The highest BCUT2D eigenvalue weighted by atomic mass is 35.5. The smallest absolute Gasteiger partial charge is 0.246 e. The summed E-state index contributed by atoms with van der Waals surface area (Å²) in [4.78, 5) is 18.4. The van der Waals surface area contributed by atoms with Crippen LogP contribution in [0.15, 0.2) is 66.9 Å². The van der Waals surface area contributed by atoms with Crippen molar-refractivity contribution in [3.05, 3.63) is 83.0 Å². The lowest BCUT2D eigenvalue weighted by Gasteiger charge is -2.15. The molecule has 3 rings (SSSR count). The SMILES string of the molecule is CN(Cc1ccc(Cl)cc1)C(=O)/C=C/c1cccc2cccnc12. The van der Waals surface area contributed by atoms with Crippen molar-refractivity contribution in [3.63, 3.8) is 0 Å². The second-order valence-corrected chi connectivity index (χ2v) is 6.01. The molecule has 4 heteroatoms. The number of pyridine rings is 1. The topological polar surface area (TPSA) is 33.2 Å². The molecule has 0 bridgehead atoms. The van der Waals surface area contributed by atoms with Crippen LogP contribution in [0.25, 0.3) is 17.0 Å². The van der Waals surface area contributed by atoms with Crippen LogP contribution < -0.4 is 0 Å². The molecule has 0 unspecified atom stereocenters. The van der Waals surface area contributed by atoms with Crippen molar-refractivity contribution >= 4 is 34.5 Å². The summed E-state index contributed by atoms with van der Waals surface area (Å²) in [6.07, 6.45) is 5.16. The highest BCUT2D eigenvalue weighted by molar-refractivity contribution is 6.30. The Morgan fingerprint density at radius 1 is 1.12 bits per heavy atom. The molecular weight excluding hydrogens is 320 g/mol. The van der Waals surface area contributed by atoms with Crippen LogP contribution in [0, 0.1) is 0 Å². The summed E-state index contributed by atoms with van der Waals surface area (Å²) in [5, 5.41) is 1.75. The molecule has 120 valence electrons. The molecule has 0 aliphatic carbocycles. The van der Waals surface area contributed by atoms with Crippen molar-refractivity contribution in [2.24, 2.45) is 0 Å². The van der Waals surface area contributed by atoms with E-state index in [-0.39, 0.29) is 5.91 Å². The number of rotatable bonds is 4. The minimum Gasteiger partial charge on any atom is -0.338 e. The molecular formula is C20H17ClN2O. The van der Waals surface area contributed by atoms with E-state index in [0.29, 0.717) is 11.6 Å². The van der Waals surface area contributed by atoms with Gasteiger partial charge in [-0.25, -0.2) is 0 Å². The van der Waals surface area contributed by atoms with E-state index in [1.165, 1.54) is 0 Å². The molecule has 3 aromatic rings. The van der Waals surface area contributed by atoms with Crippen LogP contribution in [0.2, 0.25) is 5.02 Å². The zero-order valence-corrected chi connectivity index (χ0v) is 14.1. The average Bonchev–Trinajstić information content (AvgIpc) is 2.61. The number of para-hydroxylation sites is 1. The fraction of sp³-hybridized carbons (Fsp3) is 0.100. The van der Waals surface area contributed by atoms with E-state index in [1.54, 1.807) is 24.2 Å². The molecule has 0 fully saturated rings. The Balaban J connectivity index is 1.73. The van der Waals surface area contributed by atoms with Crippen molar-refractivity contribution in [1.29, 1.82) is 0 Å². The number of hydrogen-bond donors (Lipinski definition) is 0. The van der Waals surface area contributed by atoms with Crippen molar-refractivity contribution in [1.82, 2.24) is 9.88 Å². The summed E-state index contributed by atoms with van der Waals surface area (Å²) in [7, 11) is 1.78. The average molecular weight is 337 g/mol. The predicted molar refractivity (Wildman–Crippen MR) is 98.7 cm³/mol. The molecule has 0 aliphatic heterocycles. The quantitative estimate of drug-likeness (QED) is 0.654. The molecule has 3 nitrogen and oxygen atoms in total. The molecule has 0 radical (unpaired) electrons. The van der Waals surface area contributed by atoms with Crippen LogP contribution in [-0.4, -0.2) is 22.8 Å². The fourth-order valence-electron chi connectivity index (χ4n) is 2.49. The summed E-state index contributed by atoms with van der Waals surface area (Å²) in [6.45, 7) is 0.536. The number of benzene rings is 2. The Kier molecular flexibility index (Phi) is 4.92. The molecule has 0 aliphatic rings. The van der Waals surface area contributed by atoms with Gasteiger partial charge in [0, 0.05) is 41.8 Å². The number of amides is 1. The minimum absolute atomic E-state index is 0.0575. The number of likely N-dealkylation sites (N-methyl/N-ethyl adjacent to an activating group) is 1. The van der Waals surface area contributed by atoms with E-state index < -0.39 is 0 Å². The number of aromatic nitrogens is 1. The molecule has 1 aromatic heterocycles. The number of carbonyl (C=O) groups excluding carboxylic acids is 1. The number of fused-ring (bicyclic) bond motifs is 1. The first-order chi connectivity index (χ1) is 11.6. The van der Waals surface area contributed by atoms with Crippen LogP contribution in [0.5, 0.6) is 0 Å². The van der Waals surface area contributed by atoms with Crippen LogP contribution >= 0.6 is 11.6 Å². The molecule has 0 atom stereocenters. The Hall–Kier alpha value is -2.65. The predicted octanol–water partition coefficient (Wildman–Crippen LogP) is 4.56. The normalized spacial score (nSPS) is 11.1. The van der Waals surface area contributed by atoms with E-state index in [2.05, 4.69) is 4.98 Å². The standard InChI is InChI=1S/C20H17ClN2O/c1-23(14-15-7-10-18(21)11-8-15)19(24)12-9-17-5-2-4-16-6-3-13-22-20(16)17/h2-13H,14H2,1H3/b12-9+. The Morgan fingerprint density at radius 2 is 1.88 bits per heavy atom. The van der Waals surface area contributed by atoms with Gasteiger partial charge in [0.2, 0.25) is 5.91 Å². The van der Waals surface area contributed by atoms with E-state index >= 15 is 0 Å². The van der Waals surface area contributed by atoms with Crippen molar-refractivity contribution in [3.8, 4) is 0 Å². The fourth-order valence-corrected chi connectivity index (χ4v) is 2.62. The first kappa shape index (κ1) is 16.2. The maximum atomic E-state index is 12.3. The van der Waals surface area contributed by atoms with Gasteiger partial charge in [0.1, 0.15) is 0 Å². The summed E-state index contributed by atoms with van der Waals surface area (Å²) >= 11 is 5.88. The zero-order chi connectivity index (χ0) is 16.9. The second kappa shape index (κ2) is 7.28. The summed E-state index contributed by atoms with van der Waals surface area (Å²) in [5.41, 5.74) is 2.86. The number of halogens is 1. The number of nitrogens with zero attached hydrogens (tertiary/aromatic N) is 2. The maximum Gasteiger partial charge on any atom is 0.246 e. The van der Waals surface area contributed by atoms with Crippen molar-refractivity contribution in [2.45, 2.75) is 6.54 Å². The summed E-state index contributed by atoms with van der Waals surface area (Å²) in [5.74, 6) is -0.0575. The molecule has 24 heavy (non-hydrogen) atoms. The molecule has 0 saturated heterocycles. The van der Waals surface area contributed by atoms with Gasteiger partial charge in [-0.05, 0) is 29.8 Å². The Morgan fingerprint density at radius 3 is 2.67 bits per heavy atom. The lowest BCUT2D eigenvalue weighted by atomic mass is 10.1. The molecule has 0 saturated carbocycles. The maximum absolute atomic E-state index is 12.3. The number of hydrogen-bond acceptors (Lipinski definition) is 2. The van der Waals surface area contributed by atoms with Gasteiger partial charge < -0.3 is 4.90 Å². The van der Waals surface area contributed by atoms with Gasteiger partial charge in [0.15, 0.2) is 0 Å². The third-order valence-corrected chi connectivity index (χ3v) is 4.03. The van der Waals surface area contributed by atoms with Crippen LogP contribution in [0.3, 0.4) is 0 Å². The van der Waals surface area contributed by atoms with Crippen molar-refractivity contribution < 1.29 is 4.79 Å². The zero-order valence-electron chi connectivity index (χ0n) is 13.3. The van der Waals surface area contributed by atoms with Gasteiger partial charge in [0.05, 0.1) is 5.52 Å². The third kappa shape index (κ3) is 3.81. The van der Waals surface area contributed by atoms with Gasteiger partial charge in [-0.3, -0.25) is 9.78 Å². The van der Waals surface area contributed by atoms with Crippen LogP contribution in [-0.2, 0) is 11.3 Å². The van der Waals surface area contributed by atoms with Crippen LogP contribution in [0.1, 0.15) is 11.1 Å². The lowest BCUT2D eigenvalue weighted by Crippen LogP contribution is -2.24. The second-order valence-electron chi connectivity index (χ2n) is 5.58.